The maximum atomic E-state index is 13.2. The molecule has 22 heteroatoms. The number of hydrogen-bond donors (Lipinski definition) is 7. The maximum absolute atomic E-state index is 13.2. The summed E-state index contributed by atoms with van der Waals surface area (Å²) in [5.74, 6) is -5.17. The van der Waals surface area contributed by atoms with Crippen molar-refractivity contribution in [2.45, 2.75) is 31.5 Å². The number of pyridine rings is 1. The third-order valence-electron chi connectivity index (χ3n) is 5.90. The Morgan fingerprint density at radius 3 is 2.48 bits per heavy atom. The number of oxime groups is 1. The van der Waals surface area contributed by atoms with Gasteiger partial charge in [0, 0.05) is 29.6 Å². The van der Waals surface area contributed by atoms with Gasteiger partial charge in [-0.2, -0.15) is 8.42 Å². The topological polar surface area (TPSA) is 297 Å². The van der Waals surface area contributed by atoms with Gasteiger partial charge in [-0.1, -0.05) is 5.16 Å². The molecule has 3 aromatic rings. The second-order valence-electron chi connectivity index (χ2n) is 9.39. The van der Waals surface area contributed by atoms with E-state index in [1.807, 2.05) is 0 Å². The van der Waals surface area contributed by atoms with Crippen molar-refractivity contribution in [1.82, 2.24) is 29.9 Å². The highest BCUT2D eigenvalue weighted by atomic mass is 32.2. The van der Waals surface area contributed by atoms with Crippen molar-refractivity contribution in [3.63, 3.8) is 0 Å². The summed E-state index contributed by atoms with van der Waals surface area (Å²) in [5, 5.41) is 29.7. The Labute approximate surface area is 254 Å². The van der Waals surface area contributed by atoms with Crippen LogP contribution in [0.4, 0.5) is 5.13 Å². The Morgan fingerprint density at radius 1 is 1.20 bits per heavy atom. The minimum absolute atomic E-state index is 0.0119. The van der Waals surface area contributed by atoms with Gasteiger partial charge in [0.05, 0.1) is 11.7 Å². The molecule has 1 saturated heterocycles. The number of rotatable bonds is 11. The largest absolute Gasteiger partial charge is 0.503 e. The molecule has 0 bridgehead atoms. The molecule has 1 aliphatic rings. The Kier molecular flexibility index (Phi) is 8.71. The highest BCUT2D eigenvalue weighted by Crippen LogP contribution is 2.25. The van der Waals surface area contributed by atoms with Crippen LogP contribution in [0.15, 0.2) is 33.0 Å². The number of aromatic amines is 1. The predicted octanol–water partition coefficient (Wildman–Crippen LogP) is -1.24. The number of carboxylic acid groups (broad SMARTS) is 1. The van der Waals surface area contributed by atoms with Gasteiger partial charge >= 0.3 is 16.3 Å². The van der Waals surface area contributed by atoms with E-state index in [1.54, 1.807) is 0 Å². The summed E-state index contributed by atoms with van der Waals surface area (Å²) in [6.07, 6.45) is 1.05. The SMILES string of the molecule is CC(C)(ON=C(C(=O)N[C@@H]1C(=O)N(S(=O)(=O)O)[C@H]1CNC(=O)c1csc(-c2cc(=O)c(O)c[nH]2)n1)c1csc(N)n1)C(=O)O. The lowest BCUT2D eigenvalue weighted by Gasteiger charge is -2.44. The molecule has 2 atom stereocenters. The highest BCUT2D eigenvalue weighted by Gasteiger charge is 2.54. The minimum Gasteiger partial charge on any atom is -0.503 e. The van der Waals surface area contributed by atoms with Gasteiger partial charge in [-0.05, 0) is 13.8 Å². The number of nitrogens with one attached hydrogen (secondary N) is 3. The van der Waals surface area contributed by atoms with E-state index < -0.39 is 75.1 Å². The number of nitrogens with zero attached hydrogens (tertiary/aromatic N) is 4. The second-order valence-corrected chi connectivity index (χ2v) is 12.4. The van der Waals surface area contributed by atoms with E-state index in [0.29, 0.717) is 0 Å². The molecule has 44 heavy (non-hydrogen) atoms. The first-order valence-electron chi connectivity index (χ1n) is 12.0. The molecule has 0 saturated carbocycles. The summed E-state index contributed by atoms with van der Waals surface area (Å²) < 4.78 is 33.4. The summed E-state index contributed by atoms with van der Waals surface area (Å²) in [7, 11) is -5.13. The van der Waals surface area contributed by atoms with Gasteiger partial charge < -0.3 is 36.4 Å². The van der Waals surface area contributed by atoms with Gasteiger partial charge in [0.1, 0.15) is 22.4 Å². The predicted molar refractivity (Wildman–Crippen MR) is 152 cm³/mol. The van der Waals surface area contributed by atoms with E-state index in [4.69, 9.17) is 10.6 Å². The molecule has 19 nitrogen and oxygen atoms in total. The van der Waals surface area contributed by atoms with E-state index in [-0.39, 0.29) is 31.5 Å². The number of carbonyl (C=O) groups is 4. The molecule has 4 heterocycles. The molecule has 3 amide bonds. The fraction of sp³-hybridized carbons (Fsp3) is 0.273. The number of aliphatic carboxylic acids is 1. The lowest BCUT2D eigenvalue weighted by Crippen LogP contribution is -2.74. The van der Waals surface area contributed by atoms with E-state index in [1.165, 1.54) is 10.8 Å². The number of aromatic hydroxyl groups is 1. The van der Waals surface area contributed by atoms with Crippen molar-refractivity contribution in [1.29, 1.82) is 0 Å². The lowest BCUT2D eigenvalue weighted by molar-refractivity contribution is -0.161. The molecule has 0 radical (unpaired) electrons. The van der Waals surface area contributed by atoms with Crippen molar-refractivity contribution in [3.05, 3.63) is 44.6 Å². The number of nitrogen functional groups attached to an aromatic ring is 1. The number of H-pyrrole nitrogens is 1. The third kappa shape index (κ3) is 6.66. The molecule has 4 rings (SSSR count). The molecule has 1 aliphatic heterocycles. The maximum Gasteiger partial charge on any atom is 0.362 e. The summed E-state index contributed by atoms with van der Waals surface area (Å²) in [4.78, 5) is 77.3. The zero-order valence-electron chi connectivity index (χ0n) is 22.4. The molecule has 8 N–H and O–H groups in total. The van der Waals surface area contributed by atoms with Crippen LogP contribution >= 0.6 is 22.7 Å². The highest BCUT2D eigenvalue weighted by molar-refractivity contribution is 7.84. The standard InChI is InChI=1S/C22H22N8O11S3/c1-22(2,20(36)37)41-29-14(9-6-43-21(23)27-9)17(34)28-15-11(30(19(15)35)44(38,39)40)4-25-16(33)10-7-42-18(26-10)8-3-12(31)13(32)5-24-8/h3,5-7,11,15,32H,4H2,1-2H3,(H2,23,27)(H,24,31)(H,25,33)(H,28,34)(H,36,37)(H,38,39,40)/t11-,15-/m0/s1. The third-order valence-corrected chi connectivity index (χ3v) is 8.39. The zero-order chi connectivity index (χ0) is 32.6. The van der Waals surface area contributed by atoms with E-state index in [9.17, 15) is 47.2 Å². The van der Waals surface area contributed by atoms with Gasteiger partial charge in [-0.15, -0.1) is 22.7 Å². The van der Waals surface area contributed by atoms with E-state index in [2.05, 4.69) is 30.7 Å². The van der Waals surface area contributed by atoms with Crippen molar-refractivity contribution < 1.29 is 47.2 Å². The summed E-state index contributed by atoms with van der Waals surface area (Å²) >= 11 is 1.88. The Morgan fingerprint density at radius 2 is 1.89 bits per heavy atom. The summed E-state index contributed by atoms with van der Waals surface area (Å²) in [5.41, 5.74) is 2.35. The van der Waals surface area contributed by atoms with Crippen molar-refractivity contribution in [3.8, 4) is 16.5 Å². The lowest BCUT2D eigenvalue weighted by atomic mass is 9.98. The first-order chi connectivity index (χ1) is 20.5. The number of carboxylic acids is 1. The van der Waals surface area contributed by atoms with E-state index >= 15 is 0 Å². The van der Waals surface area contributed by atoms with E-state index in [0.717, 1.165) is 48.8 Å². The van der Waals surface area contributed by atoms with Crippen LogP contribution in [0.3, 0.4) is 0 Å². The number of hydrogen-bond acceptors (Lipinski definition) is 15. The van der Waals surface area contributed by atoms with Gasteiger partial charge in [-0.3, -0.25) is 23.7 Å². The first kappa shape index (κ1) is 32.0. The molecule has 0 aromatic carbocycles. The monoisotopic (exact) mass is 670 g/mol. The van der Waals surface area contributed by atoms with Crippen LogP contribution in [0.2, 0.25) is 0 Å². The quantitative estimate of drug-likeness (QED) is 0.0543. The number of thiazole rings is 2. The van der Waals surface area contributed by atoms with Crippen LogP contribution in [0.1, 0.15) is 30.0 Å². The summed E-state index contributed by atoms with van der Waals surface area (Å²) in [6.45, 7) is 1.70. The number of amides is 3. The first-order valence-corrected chi connectivity index (χ1v) is 15.1. The number of nitrogens with two attached hydrogens (primary N) is 1. The fourth-order valence-corrected chi connectivity index (χ4v) is 5.75. The molecule has 0 aliphatic carbocycles. The minimum atomic E-state index is -5.13. The molecule has 0 spiro atoms. The summed E-state index contributed by atoms with van der Waals surface area (Å²) in [6, 6.07) is -2.07. The van der Waals surface area contributed by atoms with Crippen LogP contribution in [0, 0.1) is 0 Å². The Hall–Kier alpha value is -4.93. The fourth-order valence-electron chi connectivity index (χ4n) is 3.55. The van der Waals surface area contributed by atoms with Crippen LogP contribution in [-0.2, 0) is 29.5 Å². The van der Waals surface area contributed by atoms with Gasteiger partial charge in [-0.25, -0.2) is 19.1 Å². The Balaban J connectivity index is 1.52. The molecular formula is C22H22N8O11S3. The zero-order valence-corrected chi connectivity index (χ0v) is 24.8. The van der Waals surface area contributed by atoms with Crippen molar-refractivity contribution in [2.24, 2.45) is 5.16 Å². The van der Waals surface area contributed by atoms with Gasteiger partial charge in [0.2, 0.25) is 11.0 Å². The molecule has 3 aromatic heterocycles. The van der Waals surface area contributed by atoms with Crippen molar-refractivity contribution >= 4 is 67.5 Å². The normalized spacial score (nSPS) is 17.1. The van der Waals surface area contributed by atoms with Gasteiger partial charge in [0.15, 0.2) is 16.6 Å². The van der Waals surface area contributed by atoms with Crippen LogP contribution in [0.25, 0.3) is 10.7 Å². The van der Waals surface area contributed by atoms with Gasteiger partial charge in [0.25, 0.3) is 17.7 Å². The molecular weight excluding hydrogens is 648 g/mol. The smallest absolute Gasteiger partial charge is 0.362 e. The van der Waals surface area contributed by atoms with Crippen LogP contribution in [-0.4, -0.2) is 96.1 Å². The molecule has 234 valence electrons. The van der Waals surface area contributed by atoms with Crippen LogP contribution in [0.5, 0.6) is 5.75 Å². The number of aromatic nitrogens is 3. The number of carbonyl (C=O) groups excluding carboxylic acids is 3. The van der Waals surface area contributed by atoms with Crippen LogP contribution < -0.4 is 21.8 Å². The number of anilines is 1. The average Bonchev–Trinajstić information content (AvgIpc) is 3.60. The van der Waals surface area contributed by atoms with Crippen molar-refractivity contribution in [2.75, 3.05) is 12.3 Å². The molecule has 0 unspecified atom stereocenters. The number of β-lactam (4-membered cyclic amide) rings is 1. The second kappa shape index (κ2) is 12.0. The Bertz CT molecular complexity index is 1850. The molecule has 1 fully saturated rings. The average molecular weight is 671 g/mol.